The minimum Gasteiger partial charge on any atom is -0.490 e. The lowest BCUT2D eigenvalue weighted by Gasteiger charge is -2.27. The van der Waals surface area contributed by atoms with Gasteiger partial charge in [-0.05, 0) is 50.9 Å². The third kappa shape index (κ3) is 2.63. The minimum absolute atomic E-state index is 0.155. The van der Waals surface area contributed by atoms with Crippen LogP contribution in [0.1, 0.15) is 41.6 Å². The van der Waals surface area contributed by atoms with Crippen molar-refractivity contribution in [2.24, 2.45) is 0 Å². The Labute approximate surface area is 118 Å². The molecule has 1 aromatic rings. The van der Waals surface area contributed by atoms with Crippen LogP contribution in [0.15, 0.2) is 12.1 Å². The number of halogens is 1. The molecular formula is C15H18ClNO2. The second-order valence-corrected chi connectivity index (χ2v) is 5.65. The Balaban J connectivity index is 1.89. The van der Waals surface area contributed by atoms with Crippen molar-refractivity contribution < 1.29 is 9.53 Å². The van der Waals surface area contributed by atoms with Gasteiger partial charge >= 0.3 is 0 Å². The van der Waals surface area contributed by atoms with Crippen LogP contribution in [0.5, 0.6) is 5.75 Å². The lowest BCUT2D eigenvalue weighted by molar-refractivity contribution is 0.0969. The topological polar surface area (TPSA) is 38.3 Å². The zero-order valence-electron chi connectivity index (χ0n) is 10.9. The quantitative estimate of drug-likeness (QED) is 0.904. The highest BCUT2D eigenvalue weighted by molar-refractivity contribution is 6.34. The molecule has 1 aliphatic carbocycles. The van der Waals surface area contributed by atoms with Crippen LogP contribution in [0.3, 0.4) is 0 Å². The van der Waals surface area contributed by atoms with Gasteiger partial charge in [-0.3, -0.25) is 4.79 Å². The molecule has 1 heterocycles. The van der Waals surface area contributed by atoms with Gasteiger partial charge in [0.2, 0.25) is 0 Å². The summed E-state index contributed by atoms with van der Waals surface area (Å²) in [7, 11) is 0. The first-order valence-corrected chi connectivity index (χ1v) is 7.35. The molecule has 0 atom stereocenters. The summed E-state index contributed by atoms with van der Waals surface area (Å²) in [5.41, 5.74) is 1.71. The normalized spacial score (nSPS) is 20.2. The summed E-state index contributed by atoms with van der Waals surface area (Å²) in [6.45, 7) is 2.00. The van der Waals surface area contributed by atoms with Gasteiger partial charge in [-0.15, -0.1) is 0 Å². The summed E-state index contributed by atoms with van der Waals surface area (Å²) >= 11 is 6.17. The molecule has 1 fully saturated rings. The van der Waals surface area contributed by atoms with Crippen LogP contribution in [0.2, 0.25) is 5.02 Å². The number of hydrogen-bond acceptors (Lipinski definition) is 3. The van der Waals surface area contributed by atoms with Crippen molar-refractivity contribution in [2.75, 3.05) is 13.1 Å². The number of carbonyl (C=O) groups excluding carboxylic acids is 1. The van der Waals surface area contributed by atoms with E-state index in [-0.39, 0.29) is 11.9 Å². The van der Waals surface area contributed by atoms with Crippen molar-refractivity contribution in [3.63, 3.8) is 0 Å². The molecule has 0 spiro atoms. The minimum atomic E-state index is 0.155. The summed E-state index contributed by atoms with van der Waals surface area (Å²) in [6.07, 6.45) is 4.68. The molecule has 1 aromatic carbocycles. The average molecular weight is 280 g/mol. The number of rotatable bonds is 2. The van der Waals surface area contributed by atoms with E-state index in [2.05, 4.69) is 5.32 Å². The van der Waals surface area contributed by atoms with Crippen molar-refractivity contribution in [3.05, 3.63) is 28.3 Å². The van der Waals surface area contributed by atoms with E-state index in [0.29, 0.717) is 17.0 Å². The van der Waals surface area contributed by atoms with E-state index in [1.165, 1.54) is 0 Å². The molecule has 102 valence electrons. The maximum Gasteiger partial charge on any atom is 0.164 e. The number of piperidine rings is 1. The summed E-state index contributed by atoms with van der Waals surface area (Å²) in [5, 5.41) is 3.89. The lowest BCUT2D eigenvalue weighted by atomic mass is 9.90. The molecular weight excluding hydrogens is 262 g/mol. The Morgan fingerprint density at radius 1 is 1.21 bits per heavy atom. The monoisotopic (exact) mass is 279 g/mol. The fourth-order valence-corrected chi connectivity index (χ4v) is 3.19. The Morgan fingerprint density at radius 3 is 2.79 bits per heavy atom. The largest absolute Gasteiger partial charge is 0.490 e. The van der Waals surface area contributed by atoms with Gasteiger partial charge in [0, 0.05) is 17.5 Å². The molecule has 1 aliphatic heterocycles. The molecule has 19 heavy (non-hydrogen) atoms. The highest BCUT2D eigenvalue weighted by atomic mass is 35.5. The molecule has 0 bridgehead atoms. The maximum atomic E-state index is 12.0. The molecule has 0 unspecified atom stereocenters. The first-order valence-electron chi connectivity index (χ1n) is 6.97. The lowest BCUT2D eigenvalue weighted by Crippen LogP contribution is -2.34. The second-order valence-electron chi connectivity index (χ2n) is 5.24. The van der Waals surface area contributed by atoms with E-state index in [0.717, 1.165) is 50.1 Å². The van der Waals surface area contributed by atoms with E-state index in [4.69, 9.17) is 16.3 Å². The van der Waals surface area contributed by atoms with Crippen LogP contribution in [0.4, 0.5) is 0 Å². The van der Waals surface area contributed by atoms with Gasteiger partial charge in [0.15, 0.2) is 5.78 Å². The smallest absolute Gasteiger partial charge is 0.164 e. The number of hydrogen-bond donors (Lipinski definition) is 1. The predicted octanol–water partition coefficient (Wildman–Crippen LogP) is 2.99. The molecule has 3 nitrogen and oxygen atoms in total. The third-order valence-corrected chi connectivity index (χ3v) is 4.22. The van der Waals surface area contributed by atoms with Crippen LogP contribution in [-0.2, 0) is 6.42 Å². The molecule has 3 rings (SSSR count). The van der Waals surface area contributed by atoms with Gasteiger partial charge in [-0.1, -0.05) is 11.6 Å². The fraction of sp³-hybridized carbons (Fsp3) is 0.533. The number of fused-ring (bicyclic) bond motifs is 1. The van der Waals surface area contributed by atoms with Crippen molar-refractivity contribution in [1.29, 1.82) is 0 Å². The summed E-state index contributed by atoms with van der Waals surface area (Å²) < 4.78 is 6.11. The van der Waals surface area contributed by atoms with Crippen LogP contribution >= 0.6 is 11.6 Å². The second kappa shape index (κ2) is 5.51. The number of carbonyl (C=O) groups is 1. The molecule has 4 heteroatoms. The zero-order valence-corrected chi connectivity index (χ0v) is 11.6. The Bertz CT molecular complexity index is 495. The van der Waals surface area contributed by atoms with Gasteiger partial charge < -0.3 is 10.1 Å². The van der Waals surface area contributed by atoms with Gasteiger partial charge in [0.05, 0.1) is 5.02 Å². The van der Waals surface area contributed by atoms with Gasteiger partial charge in [0.1, 0.15) is 11.9 Å². The van der Waals surface area contributed by atoms with Crippen LogP contribution < -0.4 is 10.1 Å². The van der Waals surface area contributed by atoms with Crippen molar-refractivity contribution in [2.45, 2.75) is 38.2 Å². The van der Waals surface area contributed by atoms with E-state index in [1.54, 1.807) is 6.07 Å². The Hall–Kier alpha value is -1.06. The molecule has 1 N–H and O–H groups in total. The van der Waals surface area contributed by atoms with Gasteiger partial charge in [-0.25, -0.2) is 0 Å². The van der Waals surface area contributed by atoms with Crippen molar-refractivity contribution in [1.82, 2.24) is 5.32 Å². The van der Waals surface area contributed by atoms with Crippen molar-refractivity contribution >= 4 is 17.4 Å². The highest BCUT2D eigenvalue weighted by Gasteiger charge is 2.25. The number of benzene rings is 1. The predicted molar refractivity (Wildman–Crippen MR) is 75.2 cm³/mol. The standard InChI is InChI=1S/C15H18ClNO2/c16-12-4-5-14(19-10-6-8-17-9-7-10)11-2-1-3-13(18)15(11)12/h4-5,10,17H,1-3,6-9H2. The summed E-state index contributed by atoms with van der Waals surface area (Å²) in [5.74, 6) is 1.02. The first kappa shape index (κ1) is 12.9. The van der Waals surface area contributed by atoms with Crippen LogP contribution in [-0.4, -0.2) is 25.0 Å². The highest BCUT2D eigenvalue weighted by Crippen LogP contribution is 2.35. The van der Waals surface area contributed by atoms with Crippen LogP contribution in [0.25, 0.3) is 0 Å². The van der Waals surface area contributed by atoms with E-state index in [1.807, 2.05) is 6.07 Å². The summed E-state index contributed by atoms with van der Waals surface area (Å²) in [4.78, 5) is 12.0. The zero-order chi connectivity index (χ0) is 13.2. The van der Waals surface area contributed by atoms with E-state index in [9.17, 15) is 4.79 Å². The number of ketones is 1. The molecule has 0 aromatic heterocycles. The average Bonchev–Trinajstić information content (AvgIpc) is 2.43. The molecule has 1 saturated heterocycles. The number of ether oxygens (including phenoxy) is 1. The first-order chi connectivity index (χ1) is 9.25. The number of Topliss-reactive ketones (excluding diaryl/α,β-unsaturated/α-hetero) is 1. The maximum absolute atomic E-state index is 12.0. The molecule has 0 amide bonds. The van der Waals surface area contributed by atoms with Crippen LogP contribution in [0, 0.1) is 0 Å². The summed E-state index contributed by atoms with van der Waals surface area (Å²) in [6, 6.07) is 3.71. The van der Waals surface area contributed by atoms with Gasteiger partial charge in [0.25, 0.3) is 0 Å². The molecule has 0 radical (unpaired) electrons. The number of nitrogens with one attached hydrogen (secondary N) is 1. The molecule has 0 saturated carbocycles. The van der Waals surface area contributed by atoms with E-state index < -0.39 is 0 Å². The van der Waals surface area contributed by atoms with Crippen molar-refractivity contribution in [3.8, 4) is 5.75 Å². The molecule has 2 aliphatic rings. The SMILES string of the molecule is O=C1CCCc2c(OC3CCNCC3)ccc(Cl)c21. The Morgan fingerprint density at radius 2 is 2.00 bits per heavy atom. The van der Waals surface area contributed by atoms with E-state index >= 15 is 0 Å². The van der Waals surface area contributed by atoms with Gasteiger partial charge in [-0.2, -0.15) is 0 Å². The Kier molecular flexibility index (Phi) is 3.76. The third-order valence-electron chi connectivity index (χ3n) is 3.91. The fourth-order valence-electron chi connectivity index (χ4n) is 2.90.